The number of ether oxygens (including phenoxy) is 1. The third kappa shape index (κ3) is 3.58. The second-order valence-electron chi connectivity index (χ2n) is 6.04. The van der Waals surface area contributed by atoms with E-state index < -0.39 is 0 Å². The average Bonchev–Trinajstić information content (AvgIpc) is 3.05. The van der Waals surface area contributed by atoms with Gasteiger partial charge < -0.3 is 14.6 Å². The van der Waals surface area contributed by atoms with Gasteiger partial charge >= 0.3 is 0 Å². The zero-order valence-corrected chi connectivity index (χ0v) is 13.2. The first-order valence-electron chi connectivity index (χ1n) is 7.57. The molecule has 21 heavy (non-hydrogen) atoms. The monoisotopic (exact) mass is 310 g/mol. The molecule has 2 fully saturated rings. The van der Waals surface area contributed by atoms with Crippen LogP contribution in [0.4, 0.5) is 0 Å². The van der Waals surface area contributed by atoms with Crippen molar-refractivity contribution in [3.8, 4) is 0 Å². The normalized spacial score (nSPS) is 24.3. The first-order chi connectivity index (χ1) is 10.2. The van der Waals surface area contributed by atoms with Gasteiger partial charge in [-0.15, -0.1) is 10.2 Å². The number of aromatic nitrogens is 3. The second kappa shape index (κ2) is 6.36. The molecular formula is C14H22N4O2S. The number of hydrogen-bond donors (Lipinski definition) is 1. The molecule has 1 aliphatic carbocycles. The van der Waals surface area contributed by atoms with Crippen molar-refractivity contribution < 1.29 is 9.53 Å². The summed E-state index contributed by atoms with van der Waals surface area (Å²) in [4.78, 5) is 12.0. The van der Waals surface area contributed by atoms with Crippen LogP contribution in [0.3, 0.4) is 0 Å². The molecule has 0 aromatic carbocycles. The van der Waals surface area contributed by atoms with E-state index in [1.165, 1.54) is 31.0 Å². The largest absolute Gasteiger partial charge is 0.373 e. The summed E-state index contributed by atoms with van der Waals surface area (Å²) in [6.45, 7) is 0.653. The molecule has 1 amide bonds. The minimum absolute atomic E-state index is 0.0458. The van der Waals surface area contributed by atoms with Crippen molar-refractivity contribution in [3.05, 3.63) is 6.33 Å². The fourth-order valence-corrected chi connectivity index (χ4v) is 3.98. The Kier molecular flexibility index (Phi) is 4.49. The van der Waals surface area contributed by atoms with Crippen LogP contribution in [-0.4, -0.2) is 44.7 Å². The number of hydrogen-bond acceptors (Lipinski definition) is 5. The van der Waals surface area contributed by atoms with Crippen molar-refractivity contribution in [1.82, 2.24) is 20.1 Å². The number of carbonyl (C=O) groups is 1. The lowest BCUT2D eigenvalue weighted by atomic mass is 9.82. The first kappa shape index (κ1) is 14.8. The Morgan fingerprint density at radius 2 is 2.33 bits per heavy atom. The summed E-state index contributed by atoms with van der Waals surface area (Å²) in [5.74, 6) is 0.417. The summed E-state index contributed by atoms with van der Waals surface area (Å²) >= 11 is 1.41. The summed E-state index contributed by atoms with van der Waals surface area (Å²) in [6.07, 6.45) is 8.72. The lowest BCUT2D eigenvalue weighted by molar-refractivity contribution is -0.119. The molecule has 1 N–H and O–H groups in total. The molecule has 2 heterocycles. The summed E-state index contributed by atoms with van der Waals surface area (Å²) in [6, 6.07) is 0.163. The number of nitrogens with zero attached hydrogens (tertiary/aromatic N) is 3. The molecule has 1 aromatic rings. The Morgan fingerprint density at radius 3 is 3.05 bits per heavy atom. The fraction of sp³-hybridized carbons (Fsp3) is 0.786. The molecule has 7 heteroatoms. The number of aryl methyl sites for hydroxylation is 1. The van der Waals surface area contributed by atoms with Crippen LogP contribution in [0.1, 0.15) is 38.5 Å². The molecule has 116 valence electrons. The Bertz CT molecular complexity index is 499. The van der Waals surface area contributed by atoms with Crippen molar-refractivity contribution in [2.45, 2.75) is 55.3 Å². The van der Waals surface area contributed by atoms with Crippen LogP contribution in [0.25, 0.3) is 0 Å². The van der Waals surface area contributed by atoms with E-state index in [0.29, 0.717) is 12.4 Å². The maximum Gasteiger partial charge on any atom is 0.230 e. The SMILES string of the molecule is Cn1cnnc1SCC(=O)N[C@@H]1COC2(CCCCC2)C1. The molecule has 1 aliphatic heterocycles. The molecule has 1 atom stereocenters. The molecule has 1 spiro atoms. The standard InChI is InChI=1S/C14H22N4O2S/c1-18-10-15-17-13(18)21-9-12(19)16-11-7-14(20-8-11)5-3-2-4-6-14/h10-11H,2-9H2,1H3,(H,16,19)/t11-/m0/s1. The van der Waals surface area contributed by atoms with Gasteiger partial charge in [0.2, 0.25) is 5.91 Å². The van der Waals surface area contributed by atoms with Gasteiger partial charge in [0.25, 0.3) is 0 Å². The summed E-state index contributed by atoms with van der Waals surface area (Å²) in [5.41, 5.74) is 0.0485. The van der Waals surface area contributed by atoms with Crippen LogP contribution >= 0.6 is 11.8 Å². The molecule has 0 unspecified atom stereocenters. The molecule has 1 saturated heterocycles. The molecule has 1 aromatic heterocycles. The molecule has 0 radical (unpaired) electrons. The van der Waals surface area contributed by atoms with E-state index in [9.17, 15) is 4.79 Å². The summed E-state index contributed by atoms with van der Waals surface area (Å²) in [7, 11) is 1.87. The van der Waals surface area contributed by atoms with Crippen molar-refractivity contribution in [3.63, 3.8) is 0 Å². The van der Waals surface area contributed by atoms with Gasteiger partial charge in [0.15, 0.2) is 5.16 Å². The van der Waals surface area contributed by atoms with Crippen LogP contribution < -0.4 is 5.32 Å². The van der Waals surface area contributed by atoms with Crippen molar-refractivity contribution in [2.24, 2.45) is 7.05 Å². The van der Waals surface area contributed by atoms with Crippen LogP contribution in [-0.2, 0) is 16.6 Å². The van der Waals surface area contributed by atoms with E-state index in [2.05, 4.69) is 15.5 Å². The predicted octanol–water partition coefficient (Wildman–Crippen LogP) is 1.52. The summed E-state index contributed by atoms with van der Waals surface area (Å²) in [5, 5.41) is 11.6. The second-order valence-corrected chi connectivity index (χ2v) is 6.98. The highest BCUT2D eigenvalue weighted by Gasteiger charge is 2.41. The van der Waals surface area contributed by atoms with Crippen molar-refractivity contribution in [2.75, 3.05) is 12.4 Å². The smallest absolute Gasteiger partial charge is 0.230 e. The van der Waals surface area contributed by atoms with E-state index in [1.807, 2.05) is 11.6 Å². The quantitative estimate of drug-likeness (QED) is 0.854. The highest BCUT2D eigenvalue weighted by Crippen LogP contribution is 2.39. The van der Waals surface area contributed by atoms with E-state index in [0.717, 1.165) is 24.4 Å². The first-order valence-corrected chi connectivity index (χ1v) is 8.56. The van der Waals surface area contributed by atoms with Gasteiger partial charge in [-0.1, -0.05) is 31.0 Å². The van der Waals surface area contributed by atoms with Gasteiger partial charge in [0.1, 0.15) is 6.33 Å². The Hall–Kier alpha value is -1.08. The van der Waals surface area contributed by atoms with Gasteiger partial charge in [-0.25, -0.2) is 0 Å². The Labute approximate surface area is 129 Å². The predicted molar refractivity (Wildman–Crippen MR) is 80.0 cm³/mol. The van der Waals surface area contributed by atoms with Crippen molar-refractivity contribution >= 4 is 17.7 Å². The highest BCUT2D eigenvalue weighted by atomic mass is 32.2. The topological polar surface area (TPSA) is 69.0 Å². The van der Waals surface area contributed by atoms with Crippen molar-refractivity contribution in [1.29, 1.82) is 0 Å². The van der Waals surface area contributed by atoms with E-state index in [1.54, 1.807) is 6.33 Å². The maximum atomic E-state index is 12.0. The zero-order valence-electron chi connectivity index (χ0n) is 12.4. The lowest BCUT2D eigenvalue weighted by Crippen LogP contribution is -2.38. The van der Waals surface area contributed by atoms with Gasteiger partial charge in [0, 0.05) is 7.05 Å². The molecule has 3 rings (SSSR count). The van der Waals surface area contributed by atoms with Gasteiger partial charge in [-0.2, -0.15) is 0 Å². The zero-order chi connectivity index (χ0) is 14.7. The number of nitrogens with one attached hydrogen (secondary N) is 1. The maximum absolute atomic E-state index is 12.0. The Morgan fingerprint density at radius 1 is 1.52 bits per heavy atom. The van der Waals surface area contributed by atoms with Crippen LogP contribution in [0.5, 0.6) is 0 Å². The highest BCUT2D eigenvalue weighted by molar-refractivity contribution is 7.99. The molecule has 6 nitrogen and oxygen atoms in total. The average molecular weight is 310 g/mol. The fourth-order valence-electron chi connectivity index (χ4n) is 3.28. The van der Waals surface area contributed by atoms with E-state index in [-0.39, 0.29) is 17.6 Å². The third-order valence-electron chi connectivity index (χ3n) is 4.34. The van der Waals surface area contributed by atoms with E-state index in [4.69, 9.17) is 4.74 Å². The molecule has 0 bridgehead atoms. The molecule has 1 saturated carbocycles. The molecule has 2 aliphatic rings. The number of carbonyl (C=O) groups excluding carboxylic acids is 1. The molecular weight excluding hydrogens is 288 g/mol. The van der Waals surface area contributed by atoms with Gasteiger partial charge in [0.05, 0.1) is 24.0 Å². The van der Waals surface area contributed by atoms with Crippen LogP contribution in [0.15, 0.2) is 11.5 Å². The lowest BCUT2D eigenvalue weighted by Gasteiger charge is -2.32. The van der Waals surface area contributed by atoms with Crippen LogP contribution in [0.2, 0.25) is 0 Å². The van der Waals surface area contributed by atoms with Gasteiger partial charge in [-0.3, -0.25) is 4.79 Å². The number of thioether (sulfide) groups is 1. The van der Waals surface area contributed by atoms with Crippen LogP contribution in [0, 0.1) is 0 Å². The van der Waals surface area contributed by atoms with Gasteiger partial charge in [-0.05, 0) is 19.3 Å². The Balaban J connectivity index is 1.44. The number of amides is 1. The van der Waals surface area contributed by atoms with E-state index >= 15 is 0 Å². The third-order valence-corrected chi connectivity index (χ3v) is 5.38. The minimum Gasteiger partial charge on any atom is -0.373 e. The summed E-state index contributed by atoms with van der Waals surface area (Å²) < 4.78 is 7.83. The number of rotatable bonds is 4. The minimum atomic E-state index is 0.0458.